The first-order valence-electron chi connectivity index (χ1n) is 7.67. The summed E-state index contributed by atoms with van der Waals surface area (Å²) in [4.78, 5) is 15.1. The van der Waals surface area contributed by atoms with Crippen molar-refractivity contribution in [3.8, 4) is 11.6 Å². The third kappa shape index (κ3) is 2.98. The molecular formula is C17H17N5O. The molecule has 4 rings (SSSR count). The highest BCUT2D eigenvalue weighted by Gasteiger charge is 2.32. The second kappa shape index (κ2) is 5.89. The van der Waals surface area contributed by atoms with Crippen LogP contribution in [0.5, 0.6) is 0 Å². The Balaban J connectivity index is 1.38. The van der Waals surface area contributed by atoms with Crippen molar-refractivity contribution < 1.29 is 4.52 Å². The molecule has 0 amide bonds. The minimum Gasteiger partial charge on any atom is -0.338 e. The van der Waals surface area contributed by atoms with E-state index in [0.29, 0.717) is 23.5 Å². The fourth-order valence-electron chi connectivity index (χ4n) is 2.83. The van der Waals surface area contributed by atoms with E-state index in [-0.39, 0.29) is 0 Å². The molecule has 6 heteroatoms. The number of nitrogens with zero attached hydrogens (tertiary/aromatic N) is 5. The number of aromatic nitrogens is 4. The third-order valence-electron chi connectivity index (χ3n) is 4.00. The van der Waals surface area contributed by atoms with Crippen molar-refractivity contribution in [1.82, 2.24) is 25.0 Å². The first-order chi connectivity index (χ1) is 11.3. The second-order valence-electron chi connectivity index (χ2n) is 5.91. The summed E-state index contributed by atoms with van der Waals surface area (Å²) < 4.78 is 5.37. The summed E-state index contributed by atoms with van der Waals surface area (Å²) in [6.45, 7) is 4.95. The van der Waals surface area contributed by atoms with E-state index in [0.717, 1.165) is 19.6 Å². The Morgan fingerprint density at radius 2 is 1.96 bits per heavy atom. The van der Waals surface area contributed by atoms with Crippen molar-refractivity contribution in [2.24, 2.45) is 0 Å². The van der Waals surface area contributed by atoms with Gasteiger partial charge in [0.15, 0.2) is 0 Å². The van der Waals surface area contributed by atoms with Crippen LogP contribution < -0.4 is 0 Å². The van der Waals surface area contributed by atoms with E-state index in [1.807, 2.05) is 0 Å². The van der Waals surface area contributed by atoms with Gasteiger partial charge in [0.1, 0.15) is 0 Å². The van der Waals surface area contributed by atoms with Gasteiger partial charge in [-0.25, -0.2) is 9.97 Å². The highest BCUT2D eigenvalue weighted by atomic mass is 16.5. The molecule has 3 heterocycles. The maximum Gasteiger partial charge on any atom is 0.240 e. The Labute approximate surface area is 134 Å². The number of aryl methyl sites for hydroxylation is 1. The zero-order chi connectivity index (χ0) is 15.6. The Kier molecular flexibility index (Phi) is 3.59. The normalized spacial score (nSPS) is 15.5. The molecule has 0 radical (unpaired) electrons. The molecule has 0 N–H and O–H groups in total. The molecular weight excluding hydrogens is 290 g/mol. The molecule has 0 aliphatic carbocycles. The van der Waals surface area contributed by atoms with E-state index in [4.69, 9.17) is 4.52 Å². The van der Waals surface area contributed by atoms with Crippen molar-refractivity contribution in [3.63, 3.8) is 0 Å². The van der Waals surface area contributed by atoms with Crippen LogP contribution in [-0.4, -0.2) is 38.1 Å². The monoisotopic (exact) mass is 307 g/mol. The van der Waals surface area contributed by atoms with Gasteiger partial charge in [-0.3, -0.25) is 4.90 Å². The van der Waals surface area contributed by atoms with Crippen LogP contribution in [0.4, 0.5) is 0 Å². The number of hydrogen-bond donors (Lipinski definition) is 0. The molecule has 1 aliphatic heterocycles. The van der Waals surface area contributed by atoms with Gasteiger partial charge in [-0.2, -0.15) is 4.98 Å². The largest absolute Gasteiger partial charge is 0.338 e. The molecule has 0 bridgehead atoms. The lowest BCUT2D eigenvalue weighted by molar-refractivity contribution is 0.117. The molecule has 0 saturated carbocycles. The highest BCUT2D eigenvalue weighted by molar-refractivity contribution is 5.40. The van der Waals surface area contributed by atoms with Gasteiger partial charge in [0.25, 0.3) is 0 Å². The van der Waals surface area contributed by atoms with E-state index in [1.54, 1.807) is 18.5 Å². The zero-order valence-electron chi connectivity index (χ0n) is 12.9. The minimum absolute atomic E-state index is 0.296. The molecule has 2 aromatic heterocycles. The van der Waals surface area contributed by atoms with Crippen molar-refractivity contribution >= 4 is 0 Å². The number of likely N-dealkylation sites (tertiary alicyclic amines) is 1. The third-order valence-corrected chi connectivity index (χ3v) is 4.00. The molecule has 1 aromatic carbocycles. The quantitative estimate of drug-likeness (QED) is 0.737. The van der Waals surface area contributed by atoms with Gasteiger partial charge < -0.3 is 4.52 Å². The molecule has 116 valence electrons. The highest BCUT2D eigenvalue weighted by Crippen LogP contribution is 2.28. The molecule has 3 aromatic rings. The molecule has 23 heavy (non-hydrogen) atoms. The van der Waals surface area contributed by atoms with E-state index in [1.165, 1.54) is 11.1 Å². The fraction of sp³-hybridized carbons (Fsp3) is 0.294. The van der Waals surface area contributed by atoms with E-state index in [2.05, 4.69) is 56.2 Å². The second-order valence-corrected chi connectivity index (χ2v) is 5.91. The molecule has 1 aliphatic rings. The summed E-state index contributed by atoms with van der Waals surface area (Å²) in [5.41, 5.74) is 2.64. The molecule has 0 atom stereocenters. The topological polar surface area (TPSA) is 67.9 Å². The van der Waals surface area contributed by atoms with Crippen LogP contribution in [-0.2, 0) is 6.54 Å². The predicted octanol–water partition coefficient (Wildman–Crippen LogP) is 2.43. The zero-order valence-corrected chi connectivity index (χ0v) is 12.9. The molecule has 1 fully saturated rings. The van der Waals surface area contributed by atoms with Crippen molar-refractivity contribution in [1.29, 1.82) is 0 Å². The van der Waals surface area contributed by atoms with Crippen LogP contribution in [0, 0.1) is 6.92 Å². The lowest BCUT2D eigenvalue weighted by atomic mass is 9.99. The smallest absolute Gasteiger partial charge is 0.240 e. The van der Waals surface area contributed by atoms with Gasteiger partial charge in [-0.1, -0.05) is 35.0 Å². The van der Waals surface area contributed by atoms with Gasteiger partial charge in [0, 0.05) is 32.0 Å². The van der Waals surface area contributed by atoms with Crippen LogP contribution in [0.15, 0.2) is 47.2 Å². The summed E-state index contributed by atoms with van der Waals surface area (Å²) in [5.74, 6) is 1.92. The summed E-state index contributed by atoms with van der Waals surface area (Å²) in [6.07, 6.45) is 3.34. The van der Waals surface area contributed by atoms with E-state index < -0.39 is 0 Å². The Morgan fingerprint density at radius 3 is 2.74 bits per heavy atom. The fourth-order valence-corrected chi connectivity index (χ4v) is 2.83. The van der Waals surface area contributed by atoms with Crippen LogP contribution in [0.2, 0.25) is 0 Å². The SMILES string of the molecule is Cc1cccc(CN2CC(c3nc(-c4ncccn4)no3)C2)c1. The average Bonchev–Trinajstić information content (AvgIpc) is 3.01. The van der Waals surface area contributed by atoms with Crippen molar-refractivity contribution in [3.05, 3.63) is 59.7 Å². The summed E-state index contributed by atoms with van der Waals surface area (Å²) in [7, 11) is 0. The average molecular weight is 307 g/mol. The van der Waals surface area contributed by atoms with Crippen molar-refractivity contribution in [2.75, 3.05) is 13.1 Å². The van der Waals surface area contributed by atoms with E-state index >= 15 is 0 Å². The summed E-state index contributed by atoms with van der Waals surface area (Å²) >= 11 is 0. The standard InChI is InChI=1S/C17H17N5O/c1-12-4-2-5-13(8-12)9-22-10-14(11-22)17-20-16(21-23-17)15-18-6-3-7-19-15/h2-8,14H,9-11H2,1H3. The Morgan fingerprint density at radius 1 is 1.13 bits per heavy atom. The van der Waals surface area contributed by atoms with Gasteiger partial charge in [-0.15, -0.1) is 0 Å². The van der Waals surface area contributed by atoms with Crippen LogP contribution >= 0.6 is 0 Å². The van der Waals surface area contributed by atoms with Crippen LogP contribution in [0.25, 0.3) is 11.6 Å². The van der Waals surface area contributed by atoms with E-state index in [9.17, 15) is 0 Å². The Bertz CT molecular complexity index is 796. The number of rotatable bonds is 4. The lowest BCUT2D eigenvalue weighted by Gasteiger charge is -2.37. The Hall–Kier alpha value is -2.60. The van der Waals surface area contributed by atoms with Gasteiger partial charge in [0.05, 0.1) is 5.92 Å². The molecule has 0 spiro atoms. The molecule has 0 unspecified atom stereocenters. The number of benzene rings is 1. The van der Waals surface area contributed by atoms with Gasteiger partial charge in [-0.05, 0) is 18.6 Å². The predicted molar refractivity (Wildman–Crippen MR) is 84.5 cm³/mol. The summed E-state index contributed by atoms with van der Waals surface area (Å²) in [5, 5.41) is 3.98. The maximum atomic E-state index is 5.37. The minimum atomic E-state index is 0.296. The first-order valence-corrected chi connectivity index (χ1v) is 7.67. The van der Waals surface area contributed by atoms with Crippen LogP contribution in [0.3, 0.4) is 0 Å². The maximum absolute atomic E-state index is 5.37. The van der Waals surface area contributed by atoms with Gasteiger partial charge >= 0.3 is 0 Å². The lowest BCUT2D eigenvalue weighted by Crippen LogP contribution is -2.44. The van der Waals surface area contributed by atoms with Crippen molar-refractivity contribution in [2.45, 2.75) is 19.4 Å². The number of hydrogen-bond acceptors (Lipinski definition) is 6. The molecule has 6 nitrogen and oxygen atoms in total. The first kappa shape index (κ1) is 14.0. The van der Waals surface area contributed by atoms with Gasteiger partial charge in [0.2, 0.25) is 17.5 Å². The molecule has 1 saturated heterocycles. The van der Waals surface area contributed by atoms with Crippen LogP contribution in [0.1, 0.15) is 22.9 Å². The summed E-state index contributed by atoms with van der Waals surface area (Å²) in [6, 6.07) is 10.4.